The standard InChI is InChI=1S/C16H21ClO/c1-5-7-8-9-10-14-13(4)16(17)12(3)11-15(14)18-6-2/h11H,5-6,9-10H2,1-4H3. The van der Waals surface area contributed by atoms with Crippen molar-refractivity contribution in [2.75, 3.05) is 6.61 Å². The van der Waals surface area contributed by atoms with Gasteiger partial charge < -0.3 is 4.74 Å². The van der Waals surface area contributed by atoms with Crippen LogP contribution in [0.5, 0.6) is 5.75 Å². The summed E-state index contributed by atoms with van der Waals surface area (Å²) >= 11 is 6.30. The molecular formula is C16H21ClO. The van der Waals surface area contributed by atoms with Crippen molar-refractivity contribution >= 4 is 11.6 Å². The van der Waals surface area contributed by atoms with E-state index >= 15 is 0 Å². The second kappa shape index (κ2) is 7.34. The van der Waals surface area contributed by atoms with Crippen LogP contribution in [0.1, 0.15) is 43.4 Å². The van der Waals surface area contributed by atoms with Gasteiger partial charge in [0.25, 0.3) is 0 Å². The van der Waals surface area contributed by atoms with E-state index in [-0.39, 0.29) is 0 Å². The van der Waals surface area contributed by atoms with E-state index in [1.165, 1.54) is 5.56 Å². The molecule has 0 radical (unpaired) electrons. The number of aryl methyl sites for hydroxylation is 1. The van der Waals surface area contributed by atoms with E-state index in [1.54, 1.807) is 0 Å². The van der Waals surface area contributed by atoms with Crippen LogP contribution in [0.25, 0.3) is 0 Å². The minimum Gasteiger partial charge on any atom is -0.494 e. The smallest absolute Gasteiger partial charge is 0.123 e. The van der Waals surface area contributed by atoms with Gasteiger partial charge in [-0.1, -0.05) is 18.5 Å². The van der Waals surface area contributed by atoms with E-state index in [4.69, 9.17) is 16.3 Å². The van der Waals surface area contributed by atoms with Crippen LogP contribution in [0.4, 0.5) is 0 Å². The Balaban J connectivity index is 3.02. The summed E-state index contributed by atoms with van der Waals surface area (Å²) in [5.41, 5.74) is 3.39. The molecule has 0 saturated carbocycles. The molecule has 0 spiro atoms. The largest absolute Gasteiger partial charge is 0.494 e. The highest BCUT2D eigenvalue weighted by atomic mass is 35.5. The SMILES string of the molecule is CCC#CCCc1c(OCC)cc(C)c(Cl)c1C. The first kappa shape index (κ1) is 14.9. The average Bonchev–Trinajstić information content (AvgIpc) is 2.35. The molecule has 0 fully saturated rings. The Kier molecular flexibility index (Phi) is 6.09. The summed E-state index contributed by atoms with van der Waals surface area (Å²) in [5.74, 6) is 7.21. The maximum Gasteiger partial charge on any atom is 0.123 e. The van der Waals surface area contributed by atoms with Gasteiger partial charge in [-0.2, -0.15) is 0 Å². The van der Waals surface area contributed by atoms with Gasteiger partial charge in [0.15, 0.2) is 0 Å². The first-order valence-corrected chi connectivity index (χ1v) is 6.86. The van der Waals surface area contributed by atoms with E-state index < -0.39 is 0 Å². The highest BCUT2D eigenvalue weighted by molar-refractivity contribution is 6.32. The molecule has 1 aromatic rings. The number of halogens is 1. The monoisotopic (exact) mass is 264 g/mol. The Morgan fingerprint density at radius 1 is 1.22 bits per heavy atom. The fraction of sp³-hybridized carbons (Fsp3) is 0.500. The van der Waals surface area contributed by atoms with Gasteiger partial charge in [0, 0.05) is 17.9 Å². The third-order valence-corrected chi connectivity index (χ3v) is 3.46. The summed E-state index contributed by atoms with van der Waals surface area (Å²) in [7, 11) is 0. The minimum absolute atomic E-state index is 0.675. The lowest BCUT2D eigenvalue weighted by atomic mass is 10.00. The average molecular weight is 265 g/mol. The Bertz CT molecular complexity index is 466. The predicted octanol–water partition coefficient (Wildman–Crippen LogP) is 4.70. The van der Waals surface area contributed by atoms with E-state index in [0.29, 0.717) is 6.61 Å². The van der Waals surface area contributed by atoms with Crippen LogP contribution >= 0.6 is 11.6 Å². The highest BCUT2D eigenvalue weighted by Gasteiger charge is 2.12. The van der Waals surface area contributed by atoms with Crippen molar-refractivity contribution in [3.63, 3.8) is 0 Å². The van der Waals surface area contributed by atoms with Gasteiger partial charge in [-0.15, -0.1) is 11.8 Å². The molecule has 1 aromatic carbocycles. The van der Waals surface area contributed by atoms with Gasteiger partial charge in [-0.05, 0) is 49.9 Å². The molecule has 0 aliphatic carbocycles. The van der Waals surface area contributed by atoms with Gasteiger partial charge in [-0.3, -0.25) is 0 Å². The molecule has 0 bridgehead atoms. The number of benzene rings is 1. The van der Waals surface area contributed by atoms with Gasteiger partial charge >= 0.3 is 0 Å². The Morgan fingerprint density at radius 3 is 2.56 bits per heavy atom. The normalized spacial score (nSPS) is 9.83. The van der Waals surface area contributed by atoms with Crippen LogP contribution < -0.4 is 4.74 Å². The predicted molar refractivity (Wildman–Crippen MR) is 78.5 cm³/mol. The molecule has 0 aromatic heterocycles. The molecule has 0 N–H and O–H groups in total. The van der Waals surface area contributed by atoms with Crippen LogP contribution in [0.3, 0.4) is 0 Å². The molecule has 0 unspecified atom stereocenters. The van der Waals surface area contributed by atoms with Gasteiger partial charge in [0.05, 0.1) is 6.61 Å². The lowest BCUT2D eigenvalue weighted by Gasteiger charge is -2.15. The fourth-order valence-corrected chi connectivity index (χ4v) is 2.12. The molecule has 1 nitrogen and oxygen atoms in total. The lowest BCUT2D eigenvalue weighted by molar-refractivity contribution is 0.336. The molecule has 0 aliphatic heterocycles. The number of hydrogen-bond acceptors (Lipinski definition) is 1. The van der Waals surface area contributed by atoms with Crippen molar-refractivity contribution in [2.24, 2.45) is 0 Å². The van der Waals surface area contributed by atoms with Gasteiger partial charge in [0.1, 0.15) is 5.75 Å². The summed E-state index contributed by atoms with van der Waals surface area (Å²) in [6, 6.07) is 2.03. The number of ether oxygens (including phenoxy) is 1. The van der Waals surface area contributed by atoms with Crippen molar-refractivity contribution in [2.45, 2.75) is 47.0 Å². The van der Waals surface area contributed by atoms with Crippen LogP contribution in [0.2, 0.25) is 5.02 Å². The zero-order chi connectivity index (χ0) is 13.5. The van der Waals surface area contributed by atoms with Crippen molar-refractivity contribution < 1.29 is 4.74 Å². The third kappa shape index (κ3) is 3.68. The minimum atomic E-state index is 0.675. The number of hydrogen-bond donors (Lipinski definition) is 0. The van der Waals surface area contributed by atoms with Gasteiger partial charge in [0.2, 0.25) is 0 Å². The molecule has 0 heterocycles. The van der Waals surface area contributed by atoms with Crippen LogP contribution in [0, 0.1) is 25.7 Å². The molecule has 1 rings (SSSR count). The maximum absolute atomic E-state index is 6.30. The third-order valence-electron chi connectivity index (χ3n) is 2.87. The van der Waals surface area contributed by atoms with Crippen molar-refractivity contribution in [3.05, 3.63) is 27.8 Å². The quantitative estimate of drug-likeness (QED) is 0.716. The molecule has 98 valence electrons. The Morgan fingerprint density at radius 2 is 1.94 bits per heavy atom. The molecule has 18 heavy (non-hydrogen) atoms. The van der Waals surface area contributed by atoms with Crippen molar-refractivity contribution in [3.8, 4) is 17.6 Å². The van der Waals surface area contributed by atoms with E-state index in [9.17, 15) is 0 Å². The summed E-state index contributed by atoms with van der Waals surface area (Å²) in [6.45, 7) is 8.81. The molecule has 0 amide bonds. The van der Waals surface area contributed by atoms with Gasteiger partial charge in [-0.25, -0.2) is 0 Å². The van der Waals surface area contributed by atoms with Crippen LogP contribution in [-0.2, 0) is 6.42 Å². The highest BCUT2D eigenvalue weighted by Crippen LogP contribution is 2.32. The molecule has 0 atom stereocenters. The summed E-state index contributed by atoms with van der Waals surface area (Å²) in [4.78, 5) is 0. The van der Waals surface area contributed by atoms with Crippen LogP contribution in [0.15, 0.2) is 6.07 Å². The molecular weight excluding hydrogens is 244 g/mol. The Hall–Kier alpha value is -1.13. The molecule has 0 aliphatic rings. The van der Waals surface area contributed by atoms with Crippen molar-refractivity contribution in [1.29, 1.82) is 0 Å². The van der Waals surface area contributed by atoms with E-state index in [2.05, 4.69) is 25.7 Å². The zero-order valence-corrected chi connectivity index (χ0v) is 12.4. The lowest BCUT2D eigenvalue weighted by Crippen LogP contribution is -2.01. The summed E-state index contributed by atoms with van der Waals surface area (Å²) in [6.07, 6.45) is 2.66. The maximum atomic E-state index is 6.30. The first-order chi connectivity index (χ1) is 8.61. The summed E-state index contributed by atoms with van der Waals surface area (Å²) in [5, 5.41) is 0.844. The molecule has 2 heteroatoms. The topological polar surface area (TPSA) is 9.23 Å². The molecule has 0 saturated heterocycles. The first-order valence-electron chi connectivity index (χ1n) is 6.48. The summed E-state index contributed by atoms with van der Waals surface area (Å²) < 4.78 is 5.70. The van der Waals surface area contributed by atoms with E-state index in [1.807, 2.05) is 19.9 Å². The zero-order valence-electron chi connectivity index (χ0n) is 11.7. The second-order valence-corrected chi connectivity index (χ2v) is 4.63. The van der Waals surface area contributed by atoms with Crippen molar-refractivity contribution in [1.82, 2.24) is 0 Å². The number of rotatable bonds is 4. The Labute approximate surface area is 115 Å². The van der Waals surface area contributed by atoms with E-state index in [0.717, 1.165) is 41.2 Å². The fourth-order valence-electron chi connectivity index (χ4n) is 1.96. The van der Waals surface area contributed by atoms with Crippen LogP contribution in [-0.4, -0.2) is 6.61 Å². The second-order valence-electron chi connectivity index (χ2n) is 4.25.